The van der Waals surface area contributed by atoms with Crippen LogP contribution in [0.25, 0.3) is 0 Å². The predicted molar refractivity (Wildman–Crippen MR) is 109 cm³/mol. The van der Waals surface area contributed by atoms with Crippen LogP contribution in [0, 0.1) is 0 Å². The molecule has 0 aliphatic carbocycles. The van der Waals surface area contributed by atoms with E-state index in [2.05, 4.69) is 5.32 Å². The minimum Gasteiger partial charge on any atom is -0.456 e. The van der Waals surface area contributed by atoms with Gasteiger partial charge < -0.3 is 10.1 Å². The zero-order chi connectivity index (χ0) is 20.7. The van der Waals surface area contributed by atoms with Crippen LogP contribution < -0.4 is 5.32 Å². The summed E-state index contributed by atoms with van der Waals surface area (Å²) in [5, 5.41) is 2.58. The molecule has 0 radical (unpaired) electrons. The summed E-state index contributed by atoms with van der Waals surface area (Å²) < 4.78 is 31.7. The van der Waals surface area contributed by atoms with E-state index in [-0.39, 0.29) is 11.3 Å². The maximum atomic E-state index is 12.6. The van der Waals surface area contributed by atoms with Gasteiger partial charge in [0, 0.05) is 25.2 Å². The van der Waals surface area contributed by atoms with Gasteiger partial charge in [0.1, 0.15) is 0 Å². The number of nitrogens with zero attached hydrogens (tertiary/aromatic N) is 1. The third-order valence-electron chi connectivity index (χ3n) is 4.65. The van der Waals surface area contributed by atoms with Crippen molar-refractivity contribution in [1.29, 1.82) is 0 Å². The molecule has 1 aliphatic heterocycles. The Labute approximate surface area is 170 Å². The van der Waals surface area contributed by atoms with Crippen molar-refractivity contribution in [3.05, 3.63) is 60.2 Å². The molecule has 0 aromatic heterocycles. The van der Waals surface area contributed by atoms with Crippen molar-refractivity contribution in [3.63, 3.8) is 0 Å². The van der Waals surface area contributed by atoms with Gasteiger partial charge in [-0.15, -0.1) is 0 Å². The second-order valence-corrected chi connectivity index (χ2v) is 8.77. The molecule has 2 aromatic rings. The van der Waals surface area contributed by atoms with Crippen molar-refractivity contribution in [1.82, 2.24) is 4.31 Å². The van der Waals surface area contributed by atoms with Crippen molar-refractivity contribution in [2.45, 2.75) is 30.6 Å². The Morgan fingerprint density at radius 1 is 1.00 bits per heavy atom. The fraction of sp³-hybridized carbons (Fsp3) is 0.333. The smallest absolute Gasteiger partial charge is 0.306 e. The SMILES string of the molecule is O=C(COC(=O)CCc1ccccc1)Nc1cccc(S(=O)(=O)N2CCCC2)c1. The lowest BCUT2D eigenvalue weighted by molar-refractivity contribution is -0.147. The summed E-state index contributed by atoms with van der Waals surface area (Å²) in [5.74, 6) is -0.983. The summed E-state index contributed by atoms with van der Waals surface area (Å²) >= 11 is 0. The molecular formula is C21H24N2O5S. The molecule has 7 nitrogen and oxygen atoms in total. The zero-order valence-electron chi connectivity index (χ0n) is 16.0. The van der Waals surface area contributed by atoms with Gasteiger partial charge in [-0.1, -0.05) is 36.4 Å². The molecule has 154 valence electrons. The number of carbonyl (C=O) groups excluding carboxylic acids is 2. The van der Waals surface area contributed by atoms with Gasteiger partial charge in [0.2, 0.25) is 10.0 Å². The van der Waals surface area contributed by atoms with E-state index in [0.29, 0.717) is 25.2 Å². The maximum absolute atomic E-state index is 12.6. The van der Waals surface area contributed by atoms with Crippen LogP contribution in [0.2, 0.25) is 0 Å². The molecule has 1 fully saturated rings. The van der Waals surface area contributed by atoms with Crippen LogP contribution in [0.15, 0.2) is 59.5 Å². The van der Waals surface area contributed by atoms with Crippen LogP contribution in [-0.2, 0) is 30.8 Å². The van der Waals surface area contributed by atoms with E-state index < -0.39 is 28.5 Å². The number of benzene rings is 2. The van der Waals surface area contributed by atoms with Crippen LogP contribution in [-0.4, -0.2) is 44.3 Å². The Morgan fingerprint density at radius 3 is 2.45 bits per heavy atom. The summed E-state index contributed by atoms with van der Waals surface area (Å²) in [6.45, 7) is 0.604. The summed E-state index contributed by atoms with van der Waals surface area (Å²) in [4.78, 5) is 24.0. The largest absolute Gasteiger partial charge is 0.456 e. The minimum atomic E-state index is -3.56. The molecule has 0 spiro atoms. The van der Waals surface area contributed by atoms with Crippen molar-refractivity contribution in [2.24, 2.45) is 0 Å². The molecule has 1 aliphatic rings. The highest BCUT2D eigenvalue weighted by Gasteiger charge is 2.27. The lowest BCUT2D eigenvalue weighted by Crippen LogP contribution is -2.28. The van der Waals surface area contributed by atoms with E-state index in [9.17, 15) is 18.0 Å². The lowest BCUT2D eigenvalue weighted by atomic mass is 10.1. The molecular weight excluding hydrogens is 392 g/mol. The second kappa shape index (κ2) is 9.67. The van der Waals surface area contributed by atoms with Crippen molar-refractivity contribution in [3.8, 4) is 0 Å². The number of rotatable bonds is 8. The van der Waals surface area contributed by atoms with Crippen molar-refractivity contribution in [2.75, 3.05) is 25.0 Å². The number of sulfonamides is 1. The Morgan fingerprint density at radius 2 is 1.72 bits per heavy atom. The molecule has 1 saturated heterocycles. The van der Waals surface area contributed by atoms with E-state index in [4.69, 9.17) is 4.74 Å². The number of ether oxygens (including phenoxy) is 1. The maximum Gasteiger partial charge on any atom is 0.306 e. The Balaban J connectivity index is 1.49. The van der Waals surface area contributed by atoms with Crippen molar-refractivity contribution >= 4 is 27.6 Å². The van der Waals surface area contributed by atoms with Crippen LogP contribution in [0.3, 0.4) is 0 Å². The molecule has 1 N–H and O–H groups in total. The van der Waals surface area contributed by atoms with Crippen LogP contribution >= 0.6 is 0 Å². The molecule has 3 rings (SSSR count). The highest BCUT2D eigenvalue weighted by Crippen LogP contribution is 2.23. The van der Waals surface area contributed by atoms with Gasteiger partial charge in [-0.05, 0) is 43.0 Å². The highest BCUT2D eigenvalue weighted by atomic mass is 32.2. The zero-order valence-corrected chi connectivity index (χ0v) is 16.9. The van der Waals surface area contributed by atoms with E-state index >= 15 is 0 Å². The van der Waals surface area contributed by atoms with Crippen molar-refractivity contribution < 1.29 is 22.7 Å². The highest BCUT2D eigenvalue weighted by molar-refractivity contribution is 7.89. The van der Waals surface area contributed by atoms with Gasteiger partial charge in [0.15, 0.2) is 6.61 Å². The predicted octanol–water partition coefficient (Wildman–Crippen LogP) is 2.59. The van der Waals surface area contributed by atoms with Gasteiger partial charge in [-0.3, -0.25) is 9.59 Å². The fourth-order valence-corrected chi connectivity index (χ4v) is 4.68. The molecule has 0 unspecified atom stereocenters. The average Bonchev–Trinajstić information content (AvgIpc) is 3.27. The molecule has 0 saturated carbocycles. The van der Waals surface area contributed by atoms with Gasteiger partial charge >= 0.3 is 5.97 Å². The fourth-order valence-electron chi connectivity index (χ4n) is 3.12. The van der Waals surface area contributed by atoms with Crippen LogP contribution in [0.5, 0.6) is 0 Å². The van der Waals surface area contributed by atoms with E-state index in [1.807, 2.05) is 30.3 Å². The Kier molecular flexibility index (Phi) is 7.00. The third kappa shape index (κ3) is 5.88. The first-order chi connectivity index (χ1) is 13.9. The number of anilines is 1. The second-order valence-electron chi connectivity index (χ2n) is 6.83. The molecule has 29 heavy (non-hydrogen) atoms. The van der Waals surface area contributed by atoms with Gasteiger partial charge in [0.25, 0.3) is 5.91 Å². The first-order valence-electron chi connectivity index (χ1n) is 9.55. The summed E-state index contributed by atoms with van der Waals surface area (Å²) in [7, 11) is -3.56. The van der Waals surface area contributed by atoms with Gasteiger partial charge in [-0.2, -0.15) is 4.31 Å². The molecule has 0 bridgehead atoms. The molecule has 0 atom stereocenters. The number of aryl methyl sites for hydroxylation is 1. The Bertz CT molecular complexity index is 954. The van der Waals surface area contributed by atoms with Gasteiger partial charge in [0.05, 0.1) is 4.90 Å². The number of hydrogen-bond acceptors (Lipinski definition) is 5. The quantitative estimate of drug-likeness (QED) is 0.668. The standard InChI is InChI=1S/C21H24N2O5S/c24-20(16-28-21(25)12-11-17-7-2-1-3-8-17)22-18-9-6-10-19(15-18)29(26,27)23-13-4-5-14-23/h1-3,6-10,15H,4-5,11-14,16H2,(H,22,24). The number of hydrogen-bond donors (Lipinski definition) is 1. The number of esters is 1. The minimum absolute atomic E-state index is 0.136. The topological polar surface area (TPSA) is 92.8 Å². The first kappa shape index (κ1) is 21.0. The molecule has 8 heteroatoms. The summed E-state index contributed by atoms with van der Waals surface area (Å²) in [6.07, 6.45) is 2.43. The number of carbonyl (C=O) groups is 2. The van der Waals surface area contributed by atoms with Crippen LogP contribution in [0.1, 0.15) is 24.8 Å². The molecule has 1 amide bonds. The summed E-state index contributed by atoms with van der Waals surface area (Å²) in [5.41, 5.74) is 1.36. The normalized spacial score (nSPS) is 14.5. The van der Waals surface area contributed by atoms with E-state index in [1.165, 1.54) is 16.4 Å². The molecule has 1 heterocycles. The monoisotopic (exact) mass is 416 g/mol. The lowest BCUT2D eigenvalue weighted by Gasteiger charge is -2.16. The Hall–Kier alpha value is -2.71. The van der Waals surface area contributed by atoms with E-state index in [0.717, 1.165) is 18.4 Å². The first-order valence-corrected chi connectivity index (χ1v) is 11.0. The van der Waals surface area contributed by atoms with E-state index in [1.54, 1.807) is 12.1 Å². The van der Waals surface area contributed by atoms with Crippen LogP contribution in [0.4, 0.5) is 5.69 Å². The van der Waals surface area contributed by atoms with Gasteiger partial charge in [-0.25, -0.2) is 8.42 Å². The third-order valence-corrected chi connectivity index (χ3v) is 6.54. The molecule has 2 aromatic carbocycles. The number of amides is 1. The average molecular weight is 416 g/mol. The summed E-state index contributed by atoms with van der Waals surface area (Å²) in [6, 6.07) is 15.6. The number of nitrogens with one attached hydrogen (secondary N) is 1.